The Hall–Kier alpha value is -3.73. The third kappa shape index (κ3) is 4.14. The molecule has 0 unspecified atom stereocenters. The molecule has 0 spiro atoms. The second-order valence-electron chi connectivity index (χ2n) is 8.28. The van der Waals surface area contributed by atoms with Crippen molar-refractivity contribution in [3.05, 3.63) is 59.9 Å². The number of fused-ring (bicyclic) bond motifs is 1. The van der Waals surface area contributed by atoms with Gasteiger partial charge in [0.25, 0.3) is 0 Å². The highest BCUT2D eigenvalue weighted by Gasteiger charge is 2.36. The minimum atomic E-state index is -1.13. The van der Waals surface area contributed by atoms with Crippen LogP contribution in [0.5, 0.6) is 5.88 Å². The van der Waals surface area contributed by atoms with Crippen molar-refractivity contribution in [3.8, 4) is 17.4 Å². The summed E-state index contributed by atoms with van der Waals surface area (Å²) >= 11 is 0. The van der Waals surface area contributed by atoms with Crippen LogP contribution >= 0.6 is 0 Å². The van der Waals surface area contributed by atoms with Crippen molar-refractivity contribution >= 4 is 11.5 Å². The van der Waals surface area contributed by atoms with Crippen LogP contribution in [0.1, 0.15) is 30.6 Å². The van der Waals surface area contributed by atoms with Crippen LogP contribution < -0.4 is 9.64 Å². The lowest BCUT2D eigenvalue weighted by Crippen LogP contribution is -2.26. The smallest absolute Gasteiger partial charge is 0.218 e. The molecule has 1 aliphatic rings. The lowest BCUT2D eigenvalue weighted by atomic mass is 10.1. The molecule has 11 heteroatoms. The maximum absolute atomic E-state index is 14.6. The van der Waals surface area contributed by atoms with E-state index in [2.05, 4.69) is 19.9 Å². The molecule has 5 heterocycles. The van der Waals surface area contributed by atoms with Crippen LogP contribution in [-0.4, -0.2) is 60.6 Å². The average molecular weight is 467 g/mol. The van der Waals surface area contributed by atoms with E-state index >= 15 is 0 Å². The molecular formula is C23H23F2N7O2. The zero-order valence-corrected chi connectivity index (χ0v) is 18.6. The number of methoxy groups -OCH3 is 1. The molecule has 1 saturated heterocycles. The van der Waals surface area contributed by atoms with Gasteiger partial charge in [0.2, 0.25) is 5.88 Å². The monoisotopic (exact) mass is 467 g/mol. The maximum Gasteiger partial charge on any atom is 0.218 e. The van der Waals surface area contributed by atoms with Gasteiger partial charge < -0.3 is 14.7 Å². The molecule has 0 amide bonds. The summed E-state index contributed by atoms with van der Waals surface area (Å²) in [6.45, 7) is 1.78. The molecule has 5 rings (SSSR count). The number of halogens is 2. The summed E-state index contributed by atoms with van der Waals surface area (Å²) in [4.78, 5) is 19.0. The summed E-state index contributed by atoms with van der Waals surface area (Å²) in [5, 5.41) is 14.4. The number of nitrogens with zero attached hydrogens (tertiary/aromatic N) is 7. The lowest BCUT2D eigenvalue weighted by molar-refractivity contribution is 0.194. The molecule has 0 aliphatic carbocycles. The Morgan fingerprint density at radius 2 is 2.06 bits per heavy atom. The largest absolute Gasteiger partial charge is 0.481 e. The molecule has 4 aromatic heterocycles. The van der Waals surface area contributed by atoms with Crippen molar-refractivity contribution in [2.75, 3.05) is 18.6 Å². The van der Waals surface area contributed by atoms with Crippen LogP contribution in [0, 0.1) is 5.82 Å². The molecule has 0 bridgehead atoms. The molecule has 0 saturated carbocycles. The summed E-state index contributed by atoms with van der Waals surface area (Å²) in [5.74, 6) is 0.627. The molecule has 176 valence electrons. The molecule has 1 aliphatic heterocycles. The summed E-state index contributed by atoms with van der Waals surface area (Å²) in [6.07, 6.45) is 3.19. The van der Waals surface area contributed by atoms with Crippen molar-refractivity contribution in [3.63, 3.8) is 0 Å². The van der Waals surface area contributed by atoms with Crippen molar-refractivity contribution in [1.82, 2.24) is 29.5 Å². The fraction of sp³-hybridized carbons (Fsp3) is 0.348. The van der Waals surface area contributed by atoms with Crippen LogP contribution in [0.15, 0.2) is 42.9 Å². The Kier molecular flexibility index (Phi) is 5.78. The quantitative estimate of drug-likeness (QED) is 0.462. The van der Waals surface area contributed by atoms with Crippen molar-refractivity contribution in [1.29, 1.82) is 0 Å². The van der Waals surface area contributed by atoms with E-state index in [9.17, 15) is 13.9 Å². The van der Waals surface area contributed by atoms with Gasteiger partial charge in [0.05, 0.1) is 38.2 Å². The number of ether oxygens (including phenoxy) is 1. The molecule has 4 aromatic rings. The number of alkyl halides is 1. The Bertz CT molecular complexity index is 1330. The van der Waals surface area contributed by atoms with Crippen molar-refractivity contribution in [2.45, 2.75) is 38.1 Å². The molecule has 34 heavy (non-hydrogen) atoms. The normalized spacial score (nSPS) is 19.0. The summed E-state index contributed by atoms with van der Waals surface area (Å²) in [6, 6.07) is 6.09. The van der Waals surface area contributed by atoms with Crippen LogP contribution in [0.3, 0.4) is 0 Å². The summed E-state index contributed by atoms with van der Waals surface area (Å²) in [7, 11) is 1.45. The number of aliphatic hydroxyl groups is 1. The number of hydrogen-bond donors (Lipinski definition) is 1. The van der Waals surface area contributed by atoms with Gasteiger partial charge in [-0.2, -0.15) is 0 Å². The number of pyridine rings is 1. The van der Waals surface area contributed by atoms with Gasteiger partial charge in [0.15, 0.2) is 11.5 Å². The first kappa shape index (κ1) is 22.1. The zero-order valence-electron chi connectivity index (χ0n) is 18.6. The van der Waals surface area contributed by atoms with E-state index in [-0.39, 0.29) is 18.8 Å². The fourth-order valence-corrected chi connectivity index (χ4v) is 4.29. The molecular weight excluding hydrogens is 444 g/mol. The standard InChI is InChI=1S/C23H23F2N7O2/c1-13(33)7-16-5-6-26-22(29-16)19-11-27-20-3-4-21(30-32(19)20)31-12-15(25)9-18(31)17-8-14(24)10-28-23(17)34-2/h3-6,8,10-11,13,15,18,33H,7,9,12H2,1-2H3/t13-,15+,18-/m1/s1. The van der Waals surface area contributed by atoms with E-state index in [0.717, 1.165) is 6.20 Å². The predicted molar refractivity (Wildman–Crippen MR) is 120 cm³/mol. The third-order valence-corrected chi connectivity index (χ3v) is 5.74. The van der Waals surface area contributed by atoms with Crippen LogP contribution in [0.2, 0.25) is 0 Å². The second kappa shape index (κ2) is 8.90. The van der Waals surface area contributed by atoms with Gasteiger partial charge in [0, 0.05) is 30.3 Å². The highest BCUT2D eigenvalue weighted by atomic mass is 19.1. The predicted octanol–water partition coefficient (Wildman–Crippen LogP) is 2.94. The average Bonchev–Trinajstić information content (AvgIpc) is 3.41. The van der Waals surface area contributed by atoms with Gasteiger partial charge in [-0.3, -0.25) is 0 Å². The first-order chi connectivity index (χ1) is 16.4. The molecule has 1 N–H and O–H groups in total. The highest BCUT2D eigenvalue weighted by Crippen LogP contribution is 2.40. The van der Waals surface area contributed by atoms with Crippen molar-refractivity contribution < 1.29 is 18.6 Å². The van der Waals surface area contributed by atoms with E-state index in [4.69, 9.17) is 9.84 Å². The first-order valence-electron chi connectivity index (χ1n) is 10.9. The van der Waals surface area contributed by atoms with E-state index in [1.165, 1.54) is 13.2 Å². The number of aromatic nitrogens is 6. The second-order valence-corrected chi connectivity index (χ2v) is 8.28. The SMILES string of the molecule is COc1ncc(F)cc1[C@H]1C[C@H](F)CN1c1ccc2ncc(-c3nccc(C[C@@H](C)O)n3)n2n1. The fourth-order valence-electron chi connectivity index (χ4n) is 4.29. The van der Waals surface area contributed by atoms with Gasteiger partial charge >= 0.3 is 0 Å². The minimum absolute atomic E-state index is 0.0905. The van der Waals surface area contributed by atoms with Gasteiger partial charge in [-0.25, -0.2) is 33.2 Å². The van der Waals surface area contributed by atoms with Gasteiger partial charge in [-0.05, 0) is 31.2 Å². The topological polar surface area (TPSA) is 102 Å². The number of hydrogen-bond acceptors (Lipinski definition) is 8. The first-order valence-corrected chi connectivity index (χ1v) is 10.9. The Morgan fingerprint density at radius 1 is 1.21 bits per heavy atom. The lowest BCUT2D eigenvalue weighted by Gasteiger charge is -2.26. The van der Waals surface area contributed by atoms with Crippen molar-refractivity contribution in [2.24, 2.45) is 0 Å². The Balaban J connectivity index is 1.55. The van der Waals surface area contributed by atoms with Gasteiger partial charge in [0.1, 0.15) is 23.5 Å². The summed E-state index contributed by atoms with van der Waals surface area (Å²) in [5.41, 5.74) is 2.28. The third-order valence-electron chi connectivity index (χ3n) is 5.74. The van der Waals surface area contributed by atoms with E-state index in [1.54, 1.807) is 46.9 Å². The Morgan fingerprint density at radius 3 is 2.85 bits per heavy atom. The maximum atomic E-state index is 14.6. The molecule has 0 aromatic carbocycles. The van der Waals surface area contributed by atoms with Crippen LogP contribution in [0.4, 0.5) is 14.6 Å². The molecule has 1 fully saturated rings. The van der Waals surface area contributed by atoms with Crippen LogP contribution in [-0.2, 0) is 6.42 Å². The number of rotatable bonds is 6. The number of imidazole rings is 1. The summed E-state index contributed by atoms with van der Waals surface area (Å²) < 4.78 is 35.5. The molecule has 0 radical (unpaired) electrons. The van der Waals surface area contributed by atoms with E-state index in [0.29, 0.717) is 40.7 Å². The van der Waals surface area contributed by atoms with Gasteiger partial charge in [-0.15, -0.1) is 5.10 Å². The molecule has 3 atom stereocenters. The number of aliphatic hydroxyl groups excluding tert-OH is 1. The molecule has 9 nitrogen and oxygen atoms in total. The van der Waals surface area contributed by atoms with E-state index in [1.807, 2.05) is 0 Å². The zero-order chi connectivity index (χ0) is 23.8. The van der Waals surface area contributed by atoms with Gasteiger partial charge in [-0.1, -0.05) is 0 Å². The minimum Gasteiger partial charge on any atom is -0.481 e. The number of anilines is 1. The Labute approximate surface area is 194 Å². The highest BCUT2D eigenvalue weighted by molar-refractivity contribution is 5.58. The van der Waals surface area contributed by atoms with E-state index < -0.39 is 24.1 Å². The van der Waals surface area contributed by atoms with Crippen LogP contribution in [0.25, 0.3) is 17.2 Å².